The van der Waals surface area contributed by atoms with Gasteiger partial charge in [-0.05, 0) is 37.0 Å². The van der Waals surface area contributed by atoms with Crippen molar-refractivity contribution in [3.8, 4) is 5.75 Å². The van der Waals surface area contributed by atoms with Gasteiger partial charge in [-0.15, -0.1) is 0 Å². The standard InChI is InChI=1S/C25H40O4Si/c1-25(2,3)24(26)16-23-15-20(18-30(5,6)7)14-22(29-23)12-13-28-17-19-8-10-21(27-4)11-9-19/h8-11,18,22-23H,12-17H2,1-7H3/b20-18-/t22-,23-/m0/s1. The van der Waals surface area contributed by atoms with E-state index in [2.05, 4.69) is 25.3 Å². The quantitative estimate of drug-likeness (QED) is 0.357. The van der Waals surface area contributed by atoms with Crippen LogP contribution in [0.3, 0.4) is 0 Å². The lowest BCUT2D eigenvalue weighted by Crippen LogP contribution is -2.35. The Labute approximate surface area is 184 Å². The minimum atomic E-state index is -1.31. The summed E-state index contributed by atoms with van der Waals surface area (Å²) in [6.07, 6.45) is 3.29. The topological polar surface area (TPSA) is 44.8 Å². The van der Waals surface area contributed by atoms with E-state index in [1.165, 1.54) is 5.57 Å². The molecule has 1 aromatic rings. The zero-order valence-electron chi connectivity index (χ0n) is 19.9. The molecule has 4 nitrogen and oxygen atoms in total. The third kappa shape index (κ3) is 8.74. The van der Waals surface area contributed by atoms with Gasteiger partial charge in [0.15, 0.2) is 0 Å². The van der Waals surface area contributed by atoms with Crippen molar-refractivity contribution in [1.82, 2.24) is 0 Å². The number of Topliss-reactive ketones (excluding diaryl/α,β-unsaturated/α-hetero) is 1. The van der Waals surface area contributed by atoms with Crippen molar-refractivity contribution in [3.05, 3.63) is 41.1 Å². The lowest BCUT2D eigenvalue weighted by molar-refractivity contribution is -0.131. The molecular weight excluding hydrogens is 392 g/mol. The smallest absolute Gasteiger partial charge is 0.140 e. The maximum atomic E-state index is 12.6. The molecule has 0 aliphatic carbocycles. The van der Waals surface area contributed by atoms with Crippen molar-refractivity contribution >= 4 is 13.9 Å². The van der Waals surface area contributed by atoms with Gasteiger partial charge in [0, 0.05) is 18.4 Å². The Morgan fingerprint density at radius 2 is 1.77 bits per heavy atom. The van der Waals surface area contributed by atoms with Gasteiger partial charge in [-0.25, -0.2) is 0 Å². The van der Waals surface area contributed by atoms with Crippen LogP contribution in [-0.4, -0.2) is 39.8 Å². The highest BCUT2D eigenvalue weighted by Gasteiger charge is 2.31. The number of methoxy groups -OCH3 is 1. The highest BCUT2D eigenvalue weighted by molar-refractivity contribution is 6.81. The third-order valence-corrected chi connectivity index (χ3v) is 6.54. The number of hydrogen-bond donors (Lipinski definition) is 0. The predicted octanol–water partition coefficient (Wildman–Crippen LogP) is 5.96. The summed E-state index contributed by atoms with van der Waals surface area (Å²) in [5.41, 5.74) is 4.77. The number of hydrogen-bond acceptors (Lipinski definition) is 4. The summed E-state index contributed by atoms with van der Waals surface area (Å²) in [7, 11) is 0.355. The molecule has 1 heterocycles. The summed E-state index contributed by atoms with van der Waals surface area (Å²) in [5, 5.41) is 0. The fourth-order valence-electron chi connectivity index (χ4n) is 3.70. The summed E-state index contributed by atoms with van der Waals surface area (Å²) in [4.78, 5) is 12.6. The fraction of sp³-hybridized carbons (Fsp3) is 0.640. The molecule has 2 atom stereocenters. The molecule has 0 bridgehead atoms. The molecule has 0 aromatic heterocycles. The van der Waals surface area contributed by atoms with Crippen LogP contribution >= 0.6 is 0 Å². The molecule has 0 amide bonds. The Bertz CT molecular complexity index is 710. The maximum absolute atomic E-state index is 12.6. The number of ether oxygens (including phenoxy) is 3. The summed E-state index contributed by atoms with van der Waals surface area (Å²) in [6.45, 7) is 14.3. The molecule has 2 rings (SSSR count). The highest BCUT2D eigenvalue weighted by Crippen LogP contribution is 2.31. The van der Waals surface area contributed by atoms with Crippen molar-refractivity contribution < 1.29 is 19.0 Å². The van der Waals surface area contributed by atoms with E-state index in [-0.39, 0.29) is 23.4 Å². The van der Waals surface area contributed by atoms with E-state index in [1.54, 1.807) is 7.11 Å². The Morgan fingerprint density at radius 3 is 2.33 bits per heavy atom. The zero-order valence-corrected chi connectivity index (χ0v) is 20.9. The predicted molar refractivity (Wildman–Crippen MR) is 126 cm³/mol. The largest absolute Gasteiger partial charge is 0.497 e. The van der Waals surface area contributed by atoms with Gasteiger partial charge in [-0.2, -0.15) is 0 Å². The van der Waals surface area contributed by atoms with Gasteiger partial charge < -0.3 is 14.2 Å². The van der Waals surface area contributed by atoms with Crippen LogP contribution in [0.4, 0.5) is 0 Å². The van der Waals surface area contributed by atoms with Crippen LogP contribution in [0.5, 0.6) is 5.75 Å². The molecular formula is C25H40O4Si. The molecule has 0 radical (unpaired) electrons. The second kappa shape index (κ2) is 10.7. The van der Waals surface area contributed by atoms with E-state index in [1.807, 2.05) is 45.0 Å². The molecule has 1 aliphatic rings. The first kappa shape index (κ1) is 24.8. The molecule has 1 fully saturated rings. The summed E-state index contributed by atoms with van der Waals surface area (Å²) in [6, 6.07) is 7.96. The number of ketones is 1. The zero-order chi connectivity index (χ0) is 22.4. The molecule has 5 heteroatoms. The number of benzene rings is 1. The first-order chi connectivity index (χ1) is 14.0. The maximum Gasteiger partial charge on any atom is 0.140 e. The molecule has 168 valence electrons. The van der Waals surface area contributed by atoms with Crippen molar-refractivity contribution in [2.45, 2.75) is 84.9 Å². The van der Waals surface area contributed by atoms with E-state index in [0.717, 1.165) is 30.6 Å². The van der Waals surface area contributed by atoms with Gasteiger partial charge in [-0.1, -0.05) is 63.8 Å². The van der Waals surface area contributed by atoms with Gasteiger partial charge >= 0.3 is 0 Å². The first-order valence-corrected chi connectivity index (χ1v) is 14.6. The van der Waals surface area contributed by atoms with Gasteiger partial charge in [-0.3, -0.25) is 4.79 Å². The van der Waals surface area contributed by atoms with Crippen molar-refractivity contribution in [1.29, 1.82) is 0 Å². The molecule has 1 saturated heterocycles. The van der Waals surface area contributed by atoms with Crippen molar-refractivity contribution in [3.63, 3.8) is 0 Å². The SMILES string of the molecule is COc1ccc(COCC[C@H]2C/C(=C/[Si](C)(C)C)C[C@@H](CC(=O)C(C)(C)C)O2)cc1. The highest BCUT2D eigenvalue weighted by atomic mass is 28.3. The lowest BCUT2D eigenvalue weighted by Gasteiger charge is -2.34. The minimum Gasteiger partial charge on any atom is -0.497 e. The fourth-order valence-corrected chi connectivity index (χ4v) is 5.16. The summed E-state index contributed by atoms with van der Waals surface area (Å²) < 4.78 is 17.4. The normalized spacial score (nSPS) is 21.6. The third-order valence-electron chi connectivity index (χ3n) is 5.26. The Balaban J connectivity index is 1.91. The summed E-state index contributed by atoms with van der Waals surface area (Å²) in [5.74, 6) is 1.13. The van der Waals surface area contributed by atoms with E-state index in [9.17, 15) is 4.79 Å². The average Bonchev–Trinajstić information content (AvgIpc) is 2.63. The van der Waals surface area contributed by atoms with Crippen LogP contribution in [0.2, 0.25) is 19.6 Å². The molecule has 0 unspecified atom stereocenters. The first-order valence-electron chi connectivity index (χ1n) is 11.1. The van der Waals surface area contributed by atoms with E-state index >= 15 is 0 Å². The van der Waals surface area contributed by atoms with Crippen LogP contribution in [0.1, 0.15) is 52.0 Å². The van der Waals surface area contributed by atoms with E-state index in [0.29, 0.717) is 19.6 Å². The Morgan fingerprint density at radius 1 is 1.13 bits per heavy atom. The summed E-state index contributed by atoms with van der Waals surface area (Å²) >= 11 is 0. The molecule has 30 heavy (non-hydrogen) atoms. The molecule has 0 spiro atoms. The van der Waals surface area contributed by atoms with Crippen molar-refractivity contribution in [2.24, 2.45) is 5.41 Å². The van der Waals surface area contributed by atoms with Crippen LogP contribution in [0.25, 0.3) is 0 Å². The number of rotatable bonds is 9. The molecule has 1 aliphatic heterocycles. The van der Waals surface area contributed by atoms with Gasteiger partial charge in [0.05, 0.1) is 34.0 Å². The van der Waals surface area contributed by atoms with E-state index < -0.39 is 8.07 Å². The monoisotopic (exact) mass is 432 g/mol. The van der Waals surface area contributed by atoms with Gasteiger partial charge in [0.1, 0.15) is 11.5 Å². The van der Waals surface area contributed by atoms with Gasteiger partial charge in [0.2, 0.25) is 0 Å². The minimum absolute atomic E-state index is 0.0142. The average molecular weight is 433 g/mol. The number of carbonyl (C=O) groups excluding carboxylic acids is 1. The van der Waals surface area contributed by atoms with E-state index in [4.69, 9.17) is 14.2 Å². The number of carbonyl (C=O) groups is 1. The van der Waals surface area contributed by atoms with Crippen LogP contribution < -0.4 is 4.74 Å². The molecule has 0 N–H and O–H groups in total. The Kier molecular flexibility index (Phi) is 8.89. The molecule has 0 saturated carbocycles. The van der Waals surface area contributed by atoms with Gasteiger partial charge in [0.25, 0.3) is 0 Å². The second-order valence-electron chi connectivity index (χ2n) is 10.5. The van der Waals surface area contributed by atoms with Crippen LogP contribution in [-0.2, 0) is 20.9 Å². The van der Waals surface area contributed by atoms with Crippen LogP contribution in [0, 0.1) is 5.41 Å². The Hall–Kier alpha value is -1.43. The second-order valence-corrected chi connectivity index (χ2v) is 15.5. The lowest BCUT2D eigenvalue weighted by atomic mass is 9.85. The van der Waals surface area contributed by atoms with Crippen LogP contribution in [0.15, 0.2) is 35.5 Å². The molecule has 1 aromatic carbocycles. The van der Waals surface area contributed by atoms with Crippen molar-refractivity contribution in [2.75, 3.05) is 13.7 Å².